The third-order valence-electron chi connectivity index (χ3n) is 4.52. The molecule has 0 aromatic rings. The SMILES string of the molecule is CO[C@@H](C)[C@@H](CC(=O)OC(C)(C)C)C(=O)O.CO[C@@H](C)[C@@H](CC(=O)OC(C)(C)C)C(=O)OC(C)(C)C. The van der Waals surface area contributed by atoms with Gasteiger partial charge in [0.2, 0.25) is 0 Å². The van der Waals surface area contributed by atoms with Crippen LogP contribution >= 0.6 is 0 Å². The second-order valence-electron chi connectivity index (χ2n) is 11.5. The van der Waals surface area contributed by atoms with Gasteiger partial charge >= 0.3 is 23.9 Å². The standard InChI is InChI=1S/C15H28O5.C11H20O5/c1-10(18-8)11(13(17)20-15(5,6)7)9-12(16)19-14(2,3)4;1-7(15-5)8(10(13)14)6-9(12)16-11(2,3)4/h10-11H,9H2,1-8H3;7-8H,6H2,1-5H3,(H,13,14)/t10-,11+;7-,8+/m00/s1. The van der Waals surface area contributed by atoms with Crippen molar-refractivity contribution in [3.8, 4) is 0 Å². The summed E-state index contributed by atoms with van der Waals surface area (Å²) in [7, 11) is 2.91. The number of carboxylic acids is 1. The van der Waals surface area contributed by atoms with Crippen LogP contribution in [-0.2, 0) is 42.9 Å². The number of carboxylic acid groups (broad SMARTS) is 1. The molecular weight excluding hydrogens is 472 g/mol. The lowest BCUT2D eigenvalue weighted by molar-refractivity contribution is -0.171. The first-order valence-electron chi connectivity index (χ1n) is 12.0. The Bertz CT molecular complexity index is 710. The van der Waals surface area contributed by atoms with Crippen molar-refractivity contribution in [1.29, 1.82) is 0 Å². The van der Waals surface area contributed by atoms with Crippen LogP contribution in [0, 0.1) is 11.8 Å². The van der Waals surface area contributed by atoms with Crippen LogP contribution in [0.4, 0.5) is 0 Å². The summed E-state index contributed by atoms with van der Waals surface area (Å²) < 4.78 is 25.7. The molecule has 0 spiro atoms. The zero-order chi connectivity index (χ0) is 29.1. The molecule has 0 aliphatic heterocycles. The third kappa shape index (κ3) is 18.1. The van der Waals surface area contributed by atoms with Gasteiger partial charge < -0.3 is 28.8 Å². The van der Waals surface area contributed by atoms with Crippen molar-refractivity contribution in [2.24, 2.45) is 11.8 Å². The molecule has 0 saturated heterocycles. The maximum Gasteiger partial charge on any atom is 0.312 e. The van der Waals surface area contributed by atoms with Crippen molar-refractivity contribution in [1.82, 2.24) is 0 Å². The van der Waals surface area contributed by atoms with Crippen molar-refractivity contribution in [2.75, 3.05) is 14.2 Å². The summed E-state index contributed by atoms with van der Waals surface area (Å²) in [4.78, 5) is 46.4. The molecule has 0 bridgehead atoms. The Balaban J connectivity index is 0. The zero-order valence-electron chi connectivity index (χ0n) is 24.3. The highest BCUT2D eigenvalue weighted by atomic mass is 16.6. The van der Waals surface area contributed by atoms with Gasteiger partial charge in [0.05, 0.1) is 36.9 Å². The van der Waals surface area contributed by atoms with Gasteiger partial charge in [-0.1, -0.05) is 0 Å². The smallest absolute Gasteiger partial charge is 0.312 e. The van der Waals surface area contributed by atoms with Gasteiger partial charge in [0.1, 0.15) is 16.8 Å². The predicted molar refractivity (Wildman–Crippen MR) is 134 cm³/mol. The summed E-state index contributed by atoms with van der Waals surface area (Å²) in [6.07, 6.45) is -1.18. The fourth-order valence-corrected chi connectivity index (χ4v) is 2.73. The highest BCUT2D eigenvalue weighted by Crippen LogP contribution is 2.21. The summed E-state index contributed by atoms with van der Waals surface area (Å²) in [5.74, 6) is -4.01. The molecule has 0 amide bonds. The monoisotopic (exact) mass is 520 g/mol. The Hall–Kier alpha value is -2.20. The molecule has 0 aliphatic rings. The normalized spacial score (nSPS) is 15.4. The topological polar surface area (TPSA) is 135 Å². The fraction of sp³-hybridized carbons (Fsp3) is 0.846. The minimum absolute atomic E-state index is 0.0544. The van der Waals surface area contributed by atoms with Crippen LogP contribution < -0.4 is 0 Å². The Labute approximate surface area is 216 Å². The molecule has 10 heteroatoms. The van der Waals surface area contributed by atoms with Crippen LogP contribution in [0.25, 0.3) is 0 Å². The van der Waals surface area contributed by atoms with Gasteiger partial charge in [-0.05, 0) is 76.2 Å². The lowest BCUT2D eigenvalue weighted by Gasteiger charge is -2.27. The summed E-state index contributed by atoms with van der Waals surface area (Å²) in [6.45, 7) is 19.3. The molecule has 212 valence electrons. The summed E-state index contributed by atoms with van der Waals surface area (Å²) in [6, 6.07) is 0. The second kappa shape index (κ2) is 15.1. The maximum atomic E-state index is 12.2. The lowest BCUT2D eigenvalue weighted by atomic mass is 9.99. The molecule has 0 fully saturated rings. The third-order valence-corrected chi connectivity index (χ3v) is 4.52. The van der Waals surface area contributed by atoms with E-state index in [9.17, 15) is 19.2 Å². The Morgan fingerprint density at radius 2 is 0.917 bits per heavy atom. The molecule has 0 aliphatic carbocycles. The van der Waals surface area contributed by atoms with Gasteiger partial charge in [-0.3, -0.25) is 19.2 Å². The molecule has 0 heterocycles. The van der Waals surface area contributed by atoms with E-state index in [4.69, 9.17) is 28.8 Å². The molecule has 4 atom stereocenters. The fourth-order valence-electron chi connectivity index (χ4n) is 2.73. The van der Waals surface area contributed by atoms with Gasteiger partial charge in [0.25, 0.3) is 0 Å². The number of carbonyl (C=O) groups excluding carboxylic acids is 3. The van der Waals surface area contributed by atoms with Gasteiger partial charge in [-0.25, -0.2) is 0 Å². The number of rotatable bonds is 10. The minimum Gasteiger partial charge on any atom is -0.481 e. The van der Waals surface area contributed by atoms with Crippen molar-refractivity contribution >= 4 is 23.9 Å². The van der Waals surface area contributed by atoms with Gasteiger partial charge in [-0.2, -0.15) is 0 Å². The molecule has 0 rings (SSSR count). The van der Waals surface area contributed by atoms with Crippen LogP contribution in [0.1, 0.15) is 89.0 Å². The number of hydrogen-bond donors (Lipinski definition) is 1. The maximum absolute atomic E-state index is 12.2. The van der Waals surface area contributed by atoms with Gasteiger partial charge in [0.15, 0.2) is 0 Å². The van der Waals surface area contributed by atoms with E-state index in [-0.39, 0.29) is 12.8 Å². The van der Waals surface area contributed by atoms with E-state index in [1.54, 1.807) is 76.2 Å². The highest BCUT2D eigenvalue weighted by Gasteiger charge is 2.33. The number of methoxy groups -OCH3 is 2. The van der Waals surface area contributed by atoms with E-state index in [1.807, 2.05) is 0 Å². The van der Waals surface area contributed by atoms with Crippen LogP contribution in [0.3, 0.4) is 0 Å². The van der Waals surface area contributed by atoms with Crippen LogP contribution in [0.15, 0.2) is 0 Å². The van der Waals surface area contributed by atoms with Gasteiger partial charge in [0, 0.05) is 14.2 Å². The van der Waals surface area contributed by atoms with Gasteiger partial charge in [-0.15, -0.1) is 0 Å². The average Bonchev–Trinajstić information content (AvgIpc) is 2.65. The van der Waals surface area contributed by atoms with Crippen molar-refractivity contribution in [3.05, 3.63) is 0 Å². The quantitative estimate of drug-likeness (QED) is 0.330. The Kier molecular flexibility index (Phi) is 15.1. The summed E-state index contributed by atoms with van der Waals surface area (Å²) >= 11 is 0. The van der Waals surface area contributed by atoms with Crippen LogP contribution in [0.2, 0.25) is 0 Å². The molecule has 0 radical (unpaired) electrons. The molecule has 36 heavy (non-hydrogen) atoms. The molecule has 1 N–H and O–H groups in total. The minimum atomic E-state index is -1.06. The van der Waals surface area contributed by atoms with E-state index in [0.29, 0.717) is 0 Å². The number of carbonyl (C=O) groups is 4. The molecular formula is C26H48O10. The largest absolute Gasteiger partial charge is 0.481 e. The molecule has 0 unspecified atom stereocenters. The molecule has 0 saturated carbocycles. The van der Waals surface area contributed by atoms with E-state index in [0.717, 1.165) is 0 Å². The lowest BCUT2D eigenvalue weighted by Crippen LogP contribution is -2.37. The number of esters is 3. The summed E-state index contributed by atoms with van der Waals surface area (Å²) in [5, 5.41) is 8.93. The van der Waals surface area contributed by atoms with E-state index in [1.165, 1.54) is 14.2 Å². The van der Waals surface area contributed by atoms with Crippen LogP contribution in [-0.4, -0.2) is 72.2 Å². The van der Waals surface area contributed by atoms with E-state index < -0.39 is 64.7 Å². The molecule has 10 nitrogen and oxygen atoms in total. The highest BCUT2D eigenvalue weighted by molar-refractivity contribution is 5.81. The molecule has 0 aromatic heterocycles. The van der Waals surface area contributed by atoms with Crippen molar-refractivity contribution in [3.63, 3.8) is 0 Å². The number of aliphatic carboxylic acids is 1. The summed E-state index contributed by atoms with van der Waals surface area (Å²) in [5.41, 5.74) is -1.78. The first-order valence-corrected chi connectivity index (χ1v) is 12.0. The Morgan fingerprint density at radius 3 is 1.19 bits per heavy atom. The first-order chi connectivity index (χ1) is 16.0. The number of hydrogen-bond acceptors (Lipinski definition) is 9. The second-order valence-corrected chi connectivity index (χ2v) is 11.5. The van der Waals surface area contributed by atoms with E-state index in [2.05, 4.69) is 0 Å². The Morgan fingerprint density at radius 1 is 0.611 bits per heavy atom. The number of ether oxygens (including phenoxy) is 5. The van der Waals surface area contributed by atoms with Crippen molar-refractivity contribution < 1.29 is 48.0 Å². The van der Waals surface area contributed by atoms with Crippen LogP contribution in [0.5, 0.6) is 0 Å². The predicted octanol–water partition coefficient (Wildman–Crippen LogP) is 4.16. The first kappa shape index (κ1) is 36.0. The zero-order valence-corrected chi connectivity index (χ0v) is 24.3. The average molecular weight is 521 g/mol. The van der Waals surface area contributed by atoms with E-state index >= 15 is 0 Å². The van der Waals surface area contributed by atoms with Crippen molar-refractivity contribution in [2.45, 2.75) is 118 Å². The molecule has 0 aromatic carbocycles.